The largest absolute Gasteiger partial charge is 0.465 e. The van der Waals surface area contributed by atoms with E-state index in [1.807, 2.05) is 0 Å². The second-order valence-corrected chi connectivity index (χ2v) is 11.9. The van der Waals surface area contributed by atoms with Crippen LogP contribution in [0.1, 0.15) is 50.6 Å². The van der Waals surface area contributed by atoms with Gasteiger partial charge in [0.05, 0.1) is 13.1 Å². The van der Waals surface area contributed by atoms with Crippen molar-refractivity contribution in [2.75, 3.05) is 6.54 Å². The van der Waals surface area contributed by atoms with Gasteiger partial charge in [-0.2, -0.15) is 5.21 Å². The minimum absolute atomic E-state index is 0.0449. The van der Waals surface area contributed by atoms with Gasteiger partial charge in [-0.3, -0.25) is 14.4 Å². The molecular weight excluding hydrogens is 628 g/mol. The number of H-pyrrole nitrogens is 1. The van der Waals surface area contributed by atoms with E-state index in [-0.39, 0.29) is 38.2 Å². The van der Waals surface area contributed by atoms with Crippen molar-refractivity contribution in [2.45, 2.75) is 70.4 Å². The number of benzene rings is 2. The first-order valence-corrected chi connectivity index (χ1v) is 14.9. The van der Waals surface area contributed by atoms with Crippen LogP contribution < -0.4 is 10.6 Å². The van der Waals surface area contributed by atoms with Crippen LogP contribution in [-0.4, -0.2) is 95.3 Å². The summed E-state index contributed by atoms with van der Waals surface area (Å²) in [5, 5.41) is 28.1. The molecule has 1 aliphatic heterocycles. The average Bonchev–Trinajstić information content (AvgIpc) is 3.67. The Kier molecular flexibility index (Phi) is 11.0. The first-order chi connectivity index (χ1) is 22.8. The first kappa shape index (κ1) is 35.0. The summed E-state index contributed by atoms with van der Waals surface area (Å²) >= 11 is 0. The maximum absolute atomic E-state index is 14.4. The van der Waals surface area contributed by atoms with Crippen molar-refractivity contribution < 1.29 is 43.3 Å². The molecule has 1 aliphatic rings. The number of nitrogens with one attached hydrogen (secondary N) is 3. The average molecular weight is 665 g/mol. The Morgan fingerprint density at radius 3 is 2.25 bits per heavy atom. The summed E-state index contributed by atoms with van der Waals surface area (Å²) in [7, 11) is 0. The molecule has 2 atom stereocenters. The van der Waals surface area contributed by atoms with Crippen LogP contribution in [0.3, 0.4) is 0 Å². The molecule has 17 heteroatoms. The SMILES string of the molecule is CC(C)(C)OC(=O)NC(CCC(=O)OCc1ccccc1)C(=O)N1C(=O)N(C(=O)O)C[C@@]1(Cc1ccccc1)C(=O)NCc1nn[nH]n1. The Bertz CT molecular complexity index is 1610. The number of aromatic nitrogens is 4. The van der Waals surface area contributed by atoms with Gasteiger partial charge in [-0.05, 0) is 38.3 Å². The highest BCUT2D eigenvalue weighted by atomic mass is 16.6. The number of rotatable bonds is 12. The Morgan fingerprint density at radius 1 is 1.02 bits per heavy atom. The number of nitrogens with zero attached hydrogens (tertiary/aromatic N) is 5. The third-order valence-corrected chi connectivity index (χ3v) is 7.15. The van der Waals surface area contributed by atoms with Crippen LogP contribution in [0, 0.1) is 0 Å². The summed E-state index contributed by atoms with van der Waals surface area (Å²) in [5.74, 6) is -2.68. The molecule has 0 bridgehead atoms. The highest BCUT2D eigenvalue weighted by Gasteiger charge is 2.60. The smallest absolute Gasteiger partial charge is 0.415 e. The number of imide groups is 2. The van der Waals surface area contributed by atoms with Gasteiger partial charge in [0.15, 0.2) is 11.4 Å². The summed E-state index contributed by atoms with van der Waals surface area (Å²) < 4.78 is 10.6. The van der Waals surface area contributed by atoms with Gasteiger partial charge >= 0.3 is 24.2 Å². The zero-order chi connectivity index (χ0) is 34.9. The third-order valence-electron chi connectivity index (χ3n) is 7.15. The fraction of sp³-hybridized carbons (Fsp3) is 0.387. The van der Waals surface area contributed by atoms with Crippen molar-refractivity contribution in [2.24, 2.45) is 0 Å². The normalized spacial score (nSPS) is 16.6. The van der Waals surface area contributed by atoms with Crippen LogP contribution in [0.15, 0.2) is 60.7 Å². The monoisotopic (exact) mass is 664 g/mol. The Balaban J connectivity index is 1.68. The molecule has 254 valence electrons. The number of amides is 6. The van der Waals surface area contributed by atoms with Crippen LogP contribution in [0.4, 0.5) is 14.4 Å². The van der Waals surface area contributed by atoms with Crippen LogP contribution in [0.25, 0.3) is 0 Å². The predicted molar refractivity (Wildman–Crippen MR) is 165 cm³/mol. The number of urea groups is 1. The van der Waals surface area contributed by atoms with E-state index in [4.69, 9.17) is 9.47 Å². The summed E-state index contributed by atoms with van der Waals surface area (Å²) in [6.07, 6.45) is -3.82. The molecule has 4 rings (SSSR count). The highest BCUT2D eigenvalue weighted by molar-refractivity contribution is 6.10. The van der Waals surface area contributed by atoms with E-state index in [0.717, 1.165) is 5.56 Å². The van der Waals surface area contributed by atoms with Crippen molar-refractivity contribution in [3.05, 3.63) is 77.6 Å². The van der Waals surface area contributed by atoms with Gasteiger partial charge in [0.25, 0.3) is 5.91 Å². The molecule has 0 saturated carbocycles. The Hall–Kier alpha value is -5.87. The Morgan fingerprint density at radius 2 is 1.67 bits per heavy atom. The van der Waals surface area contributed by atoms with Crippen molar-refractivity contribution >= 4 is 36.0 Å². The molecule has 0 radical (unpaired) electrons. The van der Waals surface area contributed by atoms with E-state index in [1.165, 1.54) is 0 Å². The molecule has 2 aromatic carbocycles. The first-order valence-electron chi connectivity index (χ1n) is 14.9. The lowest BCUT2D eigenvalue weighted by Gasteiger charge is -2.36. The molecule has 4 N–H and O–H groups in total. The summed E-state index contributed by atoms with van der Waals surface area (Å²) in [6.45, 7) is 3.73. The molecule has 48 heavy (non-hydrogen) atoms. The predicted octanol–water partition coefficient (Wildman–Crippen LogP) is 2.16. The van der Waals surface area contributed by atoms with Crippen LogP contribution in [0.2, 0.25) is 0 Å². The van der Waals surface area contributed by atoms with Gasteiger partial charge < -0.3 is 25.2 Å². The number of alkyl carbamates (subject to hydrolysis) is 1. The number of hydrogen-bond acceptors (Lipinski definition) is 11. The van der Waals surface area contributed by atoms with Crippen molar-refractivity contribution in [3.63, 3.8) is 0 Å². The lowest BCUT2D eigenvalue weighted by molar-refractivity contribution is -0.146. The van der Waals surface area contributed by atoms with Crippen LogP contribution >= 0.6 is 0 Å². The molecule has 6 amide bonds. The summed E-state index contributed by atoms with van der Waals surface area (Å²) in [6, 6.07) is 14.3. The van der Waals surface area contributed by atoms with E-state index < -0.39 is 59.7 Å². The molecule has 3 aromatic rings. The van der Waals surface area contributed by atoms with E-state index in [9.17, 15) is 33.9 Å². The van der Waals surface area contributed by atoms with Gasteiger partial charge in [-0.1, -0.05) is 65.9 Å². The fourth-order valence-corrected chi connectivity index (χ4v) is 5.00. The summed E-state index contributed by atoms with van der Waals surface area (Å²) in [5.41, 5.74) is -1.91. The molecule has 2 heterocycles. The molecular formula is C31H36N8O9. The second-order valence-electron chi connectivity index (χ2n) is 11.9. The van der Waals surface area contributed by atoms with Crippen LogP contribution in [0.5, 0.6) is 0 Å². The molecule has 1 fully saturated rings. The van der Waals surface area contributed by atoms with E-state index in [1.54, 1.807) is 81.4 Å². The number of carbonyl (C=O) groups is 6. The molecule has 0 spiro atoms. The second kappa shape index (κ2) is 15.1. The summed E-state index contributed by atoms with van der Waals surface area (Å²) in [4.78, 5) is 81.0. The fourth-order valence-electron chi connectivity index (χ4n) is 5.00. The maximum Gasteiger partial charge on any atom is 0.415 e. The Labute approximate surface area is 274 Å². The number of hydrogen-bond donors (Lipinski definition) is 4. The zero-order valence-electron chi connectivity index (χ0n) is 26.5. The van der Waals surface area contributed by atoms with Gasteiger partial charge in [0.1, 0.15) is 18.2 Å². The minimum atomic E-state index is -2.14. The van der Waals surface area contributed by atoms with E-state index >= 15 is 0 Å². The molecule has 17 nitrogen and oxygen atoms in total. The molecule has 1 saturated heterocycles. The number of esters is 1. The number of tetrazole rings is 1. The van der Waals surface area contributed by atoms with Crippen LogP contribution in [-0.2, 0) is 43.4 Å². The topological polar surface area (TPSA) is 226 Å². The molecule has 1 unspecified atom stereocenters. The third kappa shape index (κ3) is 8.89. The number of ether oxygens (including phenoxy) is 2. The quantitative estimate of drug-likeness (QED) is 0.204. The number of carboxylic acid groups (broad SMARTS) is 1. The van der Waals surface area contributed by atoms with Crippen molar-refractivity contribution in [1.82, 2.24) is 41.1 Å². The lowest BCUT2D eigenvalue weighted by atomic mass is 9.88. The number of carbonyl (C=O) groups excluding carboxylic acids is 5. The van der Waals surface area contributed by atoms with E-state index in [2.05, 4.69) is 31.3 Å². The minimum Gasteiger partial charge on any atom is -0.465 e. The van der Waals surface area contributed by atoms with Crippen molar-refractivity contribution in [3.8, 4) is 0 Å². The number of aromatic amines is 1. The van der Waals surface area contributed by atoms with Gasteiger partial charge in [0.2, 0.25) is 5.91 Å². The van der Waals surface area contributed by atoms with E-state index in [0.29, 0.717) is 15.4 Å². The van der Waals surface area contributed by atoms with Crippen molar-refractivity contribution in [1.29, 1.82) is 0 Å². The molecule has 1 aromatic heterocycles. The maximum atomic E-state index is 14.4. The van der Waals surface area contributed by atoms with Gasteiger partial charge in [-0.15, -0.1) is 10.2 Å². The standard InChI is InChI=1S/C31H36N8O9/c1-30(2,3)48-27(43)33-22(14-15-24(40)47-18-21-12-8-5-9-13-21)25(41)39-28(44)38(29(45)46)19-31(39,16-20-10-6-4-7-11-20)26(42)32-17-23-34-36-37-35-23/h4-13,22H,14-19H2,1-3H3,(H,32,42)(H,33,43)(H,45,46)(H,34,35,36,37)/t22?,31-/m0/s1. The van der Waals surface area contributed by atoms with Gasteiger partial charge in [0, 0.05) is 12.8 Å². The molecule has 0 aliphatic carbocycles. The van der Waals surface area contributed by atoms with Gasteiger partial charge in [-0.25, -0.2) is 24.2 Å². The lowest BCUT2D eigenvalue weighted by Crippen LogP contribution is -2.64. The highest BCUT2D eigenvalue weighted by Crippen LogP contribution is 2.33. The zero-order valence-corrected chi connectivity index (χ0v) is 26.5.